The van der Waals surface area contributed by atoms with Crippen molar-refractivity contribution in [1.29, 1.82) is 0 Å². The first-order valence-electron chi connectivity index (χ1n) is 4.79. The average molecular weight is 188 g/mol. The second kappa shape index (κ2) is 8.01. The average Bonchev–Trinajstić information content (AvgIpc) is 2.12. The third-order valence-corrected chi connectivity index (χ3v) is 1.78. The smallest absolute Gasteiger partial charge is 0.322 e. The summed E-state index contributed by atoms with van der Waals surface area (Å²) in [5.74, 6) is -0.285. The van der Waals surface area contributed by atoms with E-state index in [1.165, 1.54) is 0 Å². The molecule has 0 rings (SSSR count). The minimum atomic E-state index is -0.447. The van der Waals surface area contributed by atoms with Crippen molar-refractivity contribution in [3.8, 4) is 0 Å². The number of esters is 1. The molecule has 0 bridgehead atoms. The molecule has 0 aliphatic carbocycles. The van der Waals surface area contributed by atoms with Gasteiger partial charge in [-0.25, -0.2) is 0 Å². The highest BCUT2D eigenvalue weighted by molar-refractivity contribution is 5.75. The summed E-state index contributed by atoms with van der Waals surface area (Å²) in [5.41, 5.74) is 5.59. The van der Waals surface area contributed by atoms with E-state index in [0.717, 1.165) is 19.4 Å². The monoisotopic (exact) mass is 188 g/mol. The first-order valence-corrected chi connectivity index (χ1v) is 4.79. The lowest BCUT2D eigenvalue weighted by Gasteiger charge is -2.09. The fourth-order valence-electron chi connectivity index (χ4n) is 1.03. The molecular weight excluding hydrogens is 168 g/mol. The fourth-order valence-corrected chi connectivity index (χ4v) is 1.03. The molecule has 4 nitrogen and oxygen atoms in total. The Bertz CT molecular complexity index is 140. The van der Waals surface area contributed by atoms with Crippen LogP contribution in [-0.4, -0.2) is 32.2 Å². The molecule has 78 valence electrons. The van der Waals surface area contributed by atoms with Crippen LogP contribution in [-0.2, 0) is 9.53 Å². The molecular formula is C9H20N2O2. The topological polar surface area (TPSA) is 64.3 Å². The fraction of sp³-hybridized carbons (Fsp3) is 0.889. The lowest BCUT2D eigenvalue weighted by molar-refractivity contribution is -0.144. The number of hydrogen-bond donors (Lipinski definition) is 2. The molecule has 3 N–H and O–H groups in total. The van der Waals surface area contributed by atoms with Gasteiger partial charge in [0.15, 0.2) is 0 Å². The summed E-state index contributed by atoms with van der Waals surface area (Å²) in [5, 5.41) is 3.04. The number of nitrogens with one attached hydrogen (secondary N) is 1. The van der Waals surface area contributed by atoms with Crippen LogP contribution < -0.4 is 11.1 Å². The summed E-state index contributed by atoms with van der Waals surface area (Å²) in [7, 11) is 1.91. The van der Waals surface area contributed by atoms with E-state index in [0.29, 0.717) is 13.0 Å². The maximum Gasteiger partial charge on any atom is 0.322 e. The van der Waals surface area contributed by atoms with Gasteiger partial charge >= 0.3 is 5.97 Å². The van der Waals surface area contributed by atoms with Crippen LogP contribution in [0.2, 0.25) is 0 Å². The van der Waals surface area contributed by atoms with Crippen LogP contribution in [0.5, 0.6) is 0 Å². The Kier molecular flexibility index (Phi) is 7.63. The van der Waals surface area contributed by atoms with Gasteiger partial charge in [-0.3, -0.25) is 4.79 Å². The van der Waals surface area contributed by atoms with Gasteiger partial charge in [-0.05, 0) is 33.4 Å². The Hall–Kier alpha value is -0.610. The molecule has 13 heavy (non-hydrogen) atoms. The third kappa shape index (κ3) is 6.54. The van der Waals surface area contributed by atoms with Crippen molar-refractivity contribution < 1.29 is 9.53 Å². The van der Waals surface area contributed by atoms with Crippen molar-refractivity contribution in [2.24, 2.45) is 5.73 Å². The Morgan fingerprint density at radius 2 is 2.23 bits per heavy atom. The Morgan fingerprint density at radius 1 is 1.54 bits per heavy atom. The number of nitrogens with two attached hydrogens (primary N) is 1. The standard InChI is InChI=1S/C9H20N2O2/c1-3-13-9(12)8(10)6-4-5-7-11-2/h8,11H,3-7,10H2,1-2H3. The van der Waals surface area contributed by atoms with E-state index in [4.69, 9.17) is 10.5 Å². The van der Waals surface area contributed by atoms with Crippen molar-refractivity contribution in [3.63, 3.8) is 0 Å². The molecule has 0 aliphatic heterocycles. The first-order chi connectivity index (χ1) is 6.22. The number of unbranched alkanes of at least 4 members (excludes halogenated alkanes) is 1. The van der Waals surface area contributed by atoms with Crippen molar-refractivity contribution in [3.05, 3.63) is 0 Å². The number of carbonyl (C=O) groups is 1. The largest absolute Gasteiger partial charge is 0.465 e. The van der Waals surface area contributed by atoms with E-state index in [-0.39, 0.29) is 5.97 Å². The molecule has 0 saturated carbocycles. The lowest BCUT2D eigenvalue weighted by atomic mass is 10.1. The van der Waals surface area contributed by atoms with Crippen LogP contribution in [0.1, 0.15) is 26.2 Å². The summed E-state index contributed by atoms with van der Waals surface area (Å²) >= 11 is 0. The van der Waals surface area contributed by atoms with E-state index >= 15 is 0 Å². The van der Waals surface area contributed by atoms with Gasteiger partial charge in [-0.1, -0.05) is 6.42 Å². The molecule has 1 unspecified atom stereocenters. The minimum Gasteiger partial charge on any atom is -0.465 e. The van der Waals surface area contributed by atoms with Gasteiger partial charge in [0.25, 0.3) is 0 Å². The van der Waals surface area contributed by atoms with E-state index in [9.17, 15) is 4.79 Å². The molecule has 0 aliphatic rings. The molecule has 0 spiro atoms. The Morgan fingerprint density at radius 3 is 2.77 bits per heavy atom. The van der Waals surface area contributed by atoms with Crippen LogP contribution in [0.3, 0.4) is 0 Å². The molecule has 0 saturated heterocycles. The minimum absolute atomic E-state index is 0.285. The molecule has 4 heteroatoms. The molecule has 0 fully saturated rings. The van der Waals surface area contributed by atoms with E-state index in [2.05, 4.69) is 5.32 Å². The van der Waals surface area contributed by atoms with Crippen LogP contribution in [0.4, 0.5) is 0 Å². The Labute approximate surface area is 79.8 Å². The molecule has 0 amide bonds. The molecule has 0 radical (unpaired) electrons. The number of hydrogen-bond acceptors (Lipinski definition) is 4. The molecule has 0 aromatic rings. The van der Waals surface area contributed by atoms with Gasteiger partial charge in [0, 0.05) is 0 Å². The zero-order valence-corrected chi connectivity index (χ0v) is 8.51. The van der Waals surface area contributed by atoms with Gasteiger partial charge in [0.05, 0.1) is 6.61 Å². The number of carbonyl (C=O) groups excluding carboxylic acids is 1. The molecule has 0 aromatic heterocycles. The van der Waals surface area contributed by atoms with Gasteiger partial charge < -0.3 is 15.8 Å². The highest BCUT2D eigenvalue weighted by Crippen LogP contribution is 1.99. The second-order valence-electron chi connectivity index (χ2n) is 2.96. The predicted molar refractivity (Wildman–Crippen MR) is 52.4 cm³/mol. The third-order valence-electron chi connectivity index (χ3n) is 1.78. The number of rotatable bonds is 7. The highest BCUT2D eigenvalue weighted by Gasteiger charge is 2.12. The van der Waals surface area contributed by atoms with Gasteiger partial charge in [-0.2, -0.15) is 0 Å². The molecule has 1 atom stereocenters. The Balaban J connectivity index is 3.38. The quantitative estimate of drug-likeness (QED) is 0.444. The van der Waals surface area contributed by atoms with Gasteiger partial charge in [-0.15, -0.1) is 0 Å². The van der Waals surface area contributed by atoms with Crippen LogP contribution in [0.25, 0.3) is 0 Å². The van der Waals surface area contributed by atoms with Crippen LogP contribution in [0, 0.1) is 0 Å². The maximum atomic E-state index is 11.0. The van der Waals surface area contributed by atoms with E-state index in [1.54, 1.807) is 6.92 Å². The summed E-state index contributed by atoms with van der Waals surface area (Å²) in [6, 6.07) is -0.447. The summed E-state index contributed by atoms with van der Waals surface area (Å²) in [6.45, 7) is 3.16. The summed E-state index contributed by atoms with van der Waals surface area (Å²) in [6.07, 6.45) is 2.71. The highest BCUT2D eigenvalue weighted by atomic mass is 16.5. The van der Waals surface area contributed by atoms with Crippen molar-refractivity contribution in [1.82, 2.24) is 5.32 Å². The zero-order chi connectivity index (χ0) is 10.1. The number of ether oxygens (including phenoxy) is 1. The zero-order valence-electron chi connectivity index (χ0n) is 8.51. The lowest BCUT2D eigenvalue weighted by Crippen LogP contribution is -2.32. The molecule has 0 aromatic carbocycles. The van der Waals surface area contributed by atoms with E-state index in [1.807, 2.05) is 7.05 Å². The molecule has 0 heterocycles. The SMILES string of the molecule is CCOC(=O)C(N)CCCCNC. The predicted octanol–water partition coefficient (Wildman–Crippen LogP) is 0.267. The van der Waals surface area contributed by atoms with Crippen molar-refractivity contribution >= 4 is 5.97 Å². The first kappa shape index (κ1) is 12.4. The second-order valence-corrected chi connectivity index (χ2v) is 2.96. The maximum absolute atomic E-state index is 11.0. The van der Waals surface area contributed by atoms with Crippen LogP contribution >= 0.6 is 0 Å². The van der Waals surface area contributed by atoms with E-state index < -0.39 is 6.04 Å². The van der Waals surface area contributed by atoms with Crippen LogP contribution in [0.15, 0.2) is 0 Å². The van der Waals surface area contributed by atoms with Gasteiger partial charge in [0.1, 0.15) is 6.04 Å². The van der Waals surface area contributed by atoms with Crippen molar-refractivity contribution in [2.45, 2.75) is 32.2 Å². The normalized spacial score (nSPS) is 12.5. The summed E-state index contributed by atoms with van der Waals surface area (Å²) < 4.78 is 4.78. The van der Waals surface area contributed by atoms with Crippen molar-refractivity contribution in [2.75, 3.05) is 20.2 Å². The summed E-state index contributed by atoms with van der Waals surface area (Å²) in [4.78, 5) is 11.0. The van der Waals surface area contributed by atoms with Gasteiger partial charge in [0.2, 0.25) is 0 Å².